The molecule has 1 aromatic heterocycles. The Morgan fingerprint density at radius 3 is 3.00 bits per heavy atom. The Kier molecular flexibility index (Phi) is 5.09. The zero-order valence-electron chi connectivity index (χ0n) is 12.2. The molecule has 0 aromatic carbocycles. The largest absolute Gasteiger partial charge is 0.383 e. The normalized spacial score (nSPS) is 14.9. The number of nitrogens with one attached hydrogen (secondary N) is 1. The van der Waals surface area contributed by atoms with Crippen LogP contribution in [-0.4, -0.2) is 71.9 Å². The second-order valence-electron chi connectivity index (χ2n) is 4.71. The Bertz CT molecular complexity index is 504. The van der Waals surface area contributed by atoms with Gasteiger partial charge in [0.1, 0.15) is 6.54 Å². The molecular formula is C12H19N5O4. The maximum Gasteiger partial charge on any atom is 0.319 e. The standard InChI is InChI=1S/C12H19N5O4/c1-9-14-10(21-15-9)3-4-13-12(19)17-7-11(18)16(8-17)5-6-20-2/h3-8H2,1-2H3,(H,13,19). The lowest BCUT2D eigenvalue weighted by Gasteiger charge is -2.18. The van der Waals surface area contributed by atoms with Crippen LogP contribution in [0.1, 0.15) is 11.7 Å². The first-order valence-corrected chi connectivity index (χ1v) is 6.69. The van der Waals surface area contributed by atoms with Crippen LogP contribution in [0.2, 0.25) is 0 Å². The molecule has 21 heavy (non-hydrogen) atoms. The van der Waals surface area contributed by atoms with Crippen molar-refractivity contribution in [2.24, 2.45) is 0 Å². The van der Waals surface area contributed by atoms with Crippen molar-refractivity contribution in [3.63, 3.8) is 0 Å². The number of urea groups is 1. The average molecular weight is 297 g/mol. The molecule has 1 saturated heterocycles. The number of ether oxygens (including phenoxy) is 1. The summed E-state index contributed by atoms with van der Waals surface area (Å²) in [6, 6.07) is -0.278. The number of carbonyl (C=O) groups is 2. The third kappa shape index (κ3) is 4.15. The van der Waals surface area contributed by atoms with Gasteiger partial charge in [0.15, 0.2) is 5.82 Å². The summed E-state index contributed by atoms with van der Waals surface area (Å²) < 4.78 is 9.88. The highest BCUT2D eigenvalue weighted by Gasteiger charge is 2.30. The first kappa shape index (κ1) is 15.2. The zero-order valence-corrected chi connectivity index (χ0v) is 12.2. The number of amides is 3. The van der Waals surface area contributed by atoms with Crippen LogP contribution in [0.5, 0.6) is 0 Å². The molecule has 9 heteroatoms. The van der Waals surface area contributed by atoms with Gasteiger partial charge in [-0.15, -0.1) is 0 Å². The van der Waals surface area contributed by atoms with Crippen LogP contribution < -0.4 is 5.32 Å². The second kappa shape index (κ2) is 7.02. The molecule has 116 valence electrons. The van der Waals surface area contributed by atoms with Gasteiger partial charge in [-0.25, -0.2) is 4.79 Å². The van der Waals surface area contributed by atoms with Gasteiger partial charge in [-0.1, -0.05) is 5.16 Å². The number of nitrogens with zero attached hydrogens (tertiary/aromatic N) is 4. The molecule has 0 radical (unpaired) electrons. The molecule has 2 rings (SSSR count). The van der Waals surface area contributed by atoms with E-state index in [1.165, 1.54) is 4.90 Å². The molecule has 0 atom stereocenters. The fraction of sp³-hybridized carbons (Fsp3) is 0.667. The molecule has 1 aliphatic rings. The quantitative estimate of drug-likeness (QED) is 0.751. The van der Waals surface area contributed by atoms with E-state index in [0.717, 1.165) is 0 Å². The Morgan fingerprint density at radius 1 is 1.52 bits per heavy atom. The van der Waals surface area contributed by atoms with E-state index in [9.17, 15) is 9.59 Å². The molecular weight excluding hydrogens is 278 g/mol. The summed E-state index contributed by atoms with van der Waals surface area (Å²) >= 11 is 0. The van der Waals surface area contributed by atoms with Crippen LogP contribution in [0, 0.1) is 6.92 Å². The number of hydrogen-bond acceptors (Lipinski definition) is 6. The lowest BCUT2D eigenvalue weighted by Crippen LogP contribution is -2.40. The van der Waals surface area contributed by atoms with E-state index in [1.807, 2.05) is 0 Å². The molecule has 1 aliphatic heterocycles. The molecule has 0 aliphatic carbocycles. The van der Waals surface area contributed by atoms with Gasteiger partial charge in [-0.05, 0) is 6.92 Å². The number of hydrogen-bond donors (Lipinski definition) is 1. The highest BCUT2D eigenvalue weighted by atomic mass is 16.5. The second-order valence-corrected chi connectivity index (χ2v) is 4.71. The van der Waals surface area contributed by atoms with Gasteiger partial charge in [0.05, 0.1) is 13.3 Å². The van der Waals surface area contributed by atoms with Gasteiger partial charge in [0, 0.05) is 26.6 Å². The average Bonchev–Trinajstić information content (AvgIpc) is 3.03. The van der Waals surface area contributed by atoms with Gasteiger partial charge in [-0.3, -0.25) is 9.69 Å². The van der Waals surface area contributed by atoms with Crippen LogP contribution in [0.25, 0.3) is 0 Å². The van der Waals surface area contributed by atoms with Gasteiger partial charge in [0.2, 0.25) is 11.8 Å². The third-order valence-corrected chi connectivity index (χ3v) is 3.06. The number of aryl methyl sites for hydroxylation is 1. The Labute approximate surface area is 122 Å². The lowest BCUT2D eigenvalue weighted by molar-refractivity contribution is -0.127. The highest BCUT2D eigenvalue weighted by molar-refractivity contribution is 5.87. The van der Waals surface area contributed by atoms with Crippen molar-refractivity contribution in [2.45, 2.75) is 13.3 Å². The Hall–Kier alpha value is -2.16. The van der Waals surface area contributed by atoms with Crippen LogP contribution in [0.4, 0.5) is 4.79 Å². The molecule has 3 amide bonds. The monoisotopic (exact) mass is 297 g/mol. The molecule has 9 nitrogen and oxygen atoms in total. The molecule has 0 saturated carbocycles. The van der Waals surface area contributed by atoms with Crippen molar-refractivity contribution in [1.82, 2.24) is 25.3 Å². The summed E-state index contributed by atoms with van der Waals surface area (Å²) in [6.45, 7) is 3.43. The van der Waals surface area contributed by atoms with Crippen molar-refractivity contribution >= 4 is 11.9 Å². The Morgan fingerprint density at radius 2 is 2.33 bits per heavy atom. The summed E-state index contributed by atoms with van der Waals surface area (Å²) in [5.74, 6) is 0.969. The van der Waals surface area contributed by atoms with Crippen LogP contribution >= 0.6 is 0 Å². The van der Waals surface area contributed by atoms with E-state index < -0.39 is 0 Å². The molecule has 1 fully saturated rings. The minimum absolute atomic E-state index is 0.0743. The number of carbonyl (C=O) groups excluding carboxylic acids is 2. The lowest BCUT2D eigenvalue weighted by atomic mass is 10.4. The molecule has 1 aromatic rings. The van der Waals surface area contributed by atoms with E-state index in [2.05, 4.69) is 15.5 Å². The summed E-state index contributed by atoms with van der Waals surface area (Å²) in [6.07, 6.45) is 0.460. The minimum Gasteiger partial charge on any atom is -0.383 e. The van der Waals surface area contributed by atoms with Gasteiger partial charge in [0.25, 0.3) is 0 Å². The van der Waals surface area contributed by atoms with E-state index in [1.54, 1.807) is 18.9 Å². The zero-order chi connectivity index (χ0) is 15.2. The van der Waals surface area contributed by atoms with Crippen molar-refractivity contribution in [3.05, 3.63) is 11.7 Å². The van der Waals surface area contributed by atoms with Crippen LogP contribution in [-0.2, 0) is 16.0 Å². The fourth-order valence-corrected chi connectivity index (χ4v) is 1.96. The first-order chi connectivity index (χ1) is 10.1. The maximum absolute atomic E-state index is 11.9. The summed E-state index contributed by atoms with van der Waals surface area (Å²) in [4.78, 5) is 30.7. The van der Waals surface area contributed by atoms with Crippen LogP contribution in [0.3, 0.4) is 0 Å². The van der Waals surface area contributed by atoms with Crippen LogP contribution in [0.15, 0.2) is 4.52 Å². The fourth-order valence-electron chi connectivity index (χ4n) is 1.96. The van der Waals surface area contributed by atoms with E-state index >= 15 is 0 Å². The predicted molar refractivity (Wildman–Crippen MR) is 71.3 cm³/mol. The predicted octanol–water partition coefficient (Wildman–Crippen LogP) is -0.622. The van der Waals surface area contributed by atoms with Gasteiger partial charge < -0.3 is 19.5 Å². The van der Waals surface area contributed by atoms with Gasteiger partial charge in [-0.2, -0.15) is 4.98 Å². The summed E-state index contributed by atoms with van der Waals surface area (Å²) in [5.41, 5.74) is 0. The summed E-state index contributed by atoms with van der Waals surface area (Å²) in [5, 5.41) is 6.40. The van der Waals surface area contributed by atoms with E-state index in [4.69, 9.17) is 9.26 Å². The highest BCUT2D eigenvalue weighted by Crippen LogP contribution is 2.06. The molecule has 2 heterocycles. The molecule has 1 N–H and O–H groups in total. The summed E-state index contributed by atoms with van der Waals surface area (Å²) in [7, 11) is 1.57. The smallest absolute Gasteiger partial charge is 0.319 e. The number of rotatable bonds is 6. The van der Waals surface area contributed by atoms with Crippen molar-refractivity contribution in [2.75, 3.05) is 40.0 Å². The van der Waals surface area contributed by atoms with Crippen molar-refractivity contribution < 1.29 is 18.8 Å². The van der Waals surface area contributed by atoms with Crippen molar-refractivity contribution in [3.8, 4) is 0 Å². The molecule has 0 bridgehead atoms. The minimum atomic E-state index is -0.278. The molecule has 0 unspecified atom stereocenters. The number of methoxy groups -OCH3 is 1. The topological polar surface area (TPSA) is 101 Å². The van der Waals surface area contributed by atoms with E-state index in [-0.39, 0.29) is 25.2 Å². The van der Waals surface area contributed by atoms with Gasteiger partial charge >= 0.3 is 6.03 Å². The maximum atomic E-state index is 11.9. The van der Waals surface area contributed by atoms with Crippen molar-refractivity contribution in [1.29, 1.82) is 0 Å². The number of aromatic nitrogens is 2. The Balaban J connectivity index is 1.72. The SMILES string of the molecule is COCCN1CN(C(=O)NCCc2nc(C)no2)CC1=O. The third-order valence-electron chi connectivity index (χ3n) is 3.06. The molecule has 0 spiro atoms. The first-order valence-electron chi connectivity index (χ1n) is 6.69. The van der Waals surface area contributed by atoms with E-state index in [0.29, 0.717) is 37.8 Å².